The topological polar surface area (TPSA) is 51.8 Å². The maximum atomic E-state index is 5.80. The molecule has 3 nitrogen and oxygen atoms in total. The number of nitrogens with two attached hydrogens (primary N) is 1. The van der Waals surface area contributed by atoms with Gasteiger partial charge < -0.3 is 5.73 Å². The number of aromatic nitrogens is 2. The molecule has 2 aromatic rings. The summed E-state index contributed by atoms with van der Waals surface area (Å²) in [6.07, 6.45) is 3.29. The fourth-order valence-corrected chi connectivity index (χ4v) is 1.89. The van der Waals surface area contributed by atoms with E-state index in [1.165, 1.54) is 5.56 Å². The van der Waals surface area contributed by atoms with Crippen LogP contribution in [0.15, 0.2) is 47.3 Å². The Labute approximate surface area is 103 Å². The third kappa shape index (κ3) is 2.46. The van der Waals surface area contributed by atoms with Crippen LogP contribution in [0.1, 0.15) is 17.2 Å². The van der Waals surface area contributed by atoms with Crippen LogP contribution < -0.4 is 5.73 Å². The molecule has 1 aromatic carbocycles. The summed E-state index contributed by atoms with van der Waals surface area (Å²) in [6.45, 7) is 0.540. The molecule has 82 valence electrons. The van der Waals surface area contributed by atoms with Gasteiger partial charge in [-0.15, -0.1) is 0 Å². The molecule has 1 heterocycles. The van der Waals surface area contributed by atoms with Gasteiger partial charge in [0, 0.05) is 23.1 Å². The molecule has 0 spiro atoms. The van der Waals surface area contributed by atoms with E-state index >= 15 is 0 Å². The number of nitrogens with zero attached hydrogens (tertiary/aromatic N) is 2. The van der Waals surface area contributed by atoms with E-state index < -0.39 is 0 Å². The fraction of sp³-hybridized carbons (Fsp3) is 0.167. The summed E-state index contributed by atoms with van der Waals surface area (Å²) in [6, 6.07) is 10.0. The SMILES string of the molecule is NCC(c1ccc(Br)cc1)c1ccncn1. The molecule has 0 radical (unpaired) electrons. The van der Waals surface area contributed by atoms with Crippen molar-refractivity contribution in [3.05, 3.63) is 58.6 Å². The van der Waals surface area contributed by atoms with Crippen molar-refractivity contribution < 1.29 is 0 Å². The van der Waals surface area contributed by atoms with Gasteiger partial charge >= 0.3 is 0 Å². The number of benzene rings is 1. The first-order valence-corrected chi connectivity index (χ1v) is 5.82. The Hall–Kier alpha value is -1.26. The molecule has 2 N–H and O–H groups in total. The Kier molecular flexibility index (Phi) is 3.64. The second-order valence-corrected chi connectivity index (χ2v) is 4.39. The minimum atomic E-state index is 0.135. The van der Waals surface area contributed by atoms with Crippen molar-refractivity contribution in [2.75, 3.05) is 6.54 Å². The van der Waals surface area contributed by atoms with Crippen LogP contribution in [0.2, 0.25) is 0 Å². The van der Waals surface area contributed by atoms with E-state index in [9.17, 15) is 0 Å². The van der Waals surface area contributed by atoms with Crippen LogP contribution in [0, 0.1) is 0 Å². The maximum Gasteiger partial charge on any atom is 0.115 e. The number of halogens is 1. The molecule has 0 aliphatic carbocycles. The number of rotatable bonds is 3. The predicted octanol–water partition coefficient (Wildman–Crippen LogP) is 2.33. The average molecular weight is 278 g/mol. The molecule has 0 aliphatic rings. The molecule has 1 unspecified atom stereocenters. The third-order valence-corrected chi connectivity index (χ3v) is 3.00. The Morgan fingerprint density at radius 1 is 1.19 bits per heavy atom. The summed E-state index contributed by atoms with van der Waals surface area (Å²) in [5.74, 6) is 0.135. The summed E-state index contributed by atoms with van der Waals surface area (Å²) in [4.78, 5) is 8.16. The third-order valence-electron chi connectivity index (χ3n) is 2.47. The van der Waals surface area contributed by atoms with E-state index in [0.717, 1.165) is 10.2 Å². The van der Waals surface area contributed by atoms with Crippen LogP contribution in [0.3, 0.4) is 0 Å². The van der Waals surface area contributed by atoms with Crippen molar-refractivity contribution in [2.24, 2.45) is 5.73 Å². The smallest absolute Gasteiger partial charge is 0.115 e. The van der Waals surface area contributed by atoms with Gasteiger partial charge in [0.05, 0.1) is 5.69 Å². The molecular formula is C12H12BrN3. The number of hydrogen-bond donors (Lipinski definition) is 1. The lowest BCUT2D eigenvalue weighted by molar-refractivity contribution is 0.781. The van der Waals surface area contributed by atoms with Gasteiger partial charge in [0.25, 0.3) is 0 Å². The standard InChI is InChI=1S/C12H12BrN3/c13-10-3-1-9(2-4-10)11(7-14)12-5-6-15-8-16-12/h1-6,8,11H,7,14H2. The van der Waals surface area contributed by atoms with E-state index in [1.807, 2.05) is 18.2 Å². The lowest BCUT2D eigenvalue weighted by Crippen LogP contribution is -2.15. The van der Waals surface area contributed by atoms with E-state index in [4.69, 9.17) is 5.73 Å². The van der Waals surface area contributed by atoms with Gasteiger partial charge in [-0.1, -0.05) is 28.1 Å². The van der Waals surface area contributed by atoms with Crippen molar-refractivity contribution >= 4 is 15.9 Å². The molecule has 0 amide bonds. The molecule has 0 fully saturated rings. The second-order valence-electron chi connectivity index (χ2n) is 3.47. The lowest BCUT2D eigenvalue weighted by Gasteiger charge is -2.14. The number of hydrogen-bond acceptors (Lipinski definition) is 3. The first-order valence-electron chi connectivity index (χ1n) is 5.02. The highest BCUT2D eigenvalue weighted by molar-refractivity contribution is 9.10. The van der Waals surface area contributed by atoms with Crippen molar-refractivity contribution in [3.63, 3.8) is 0 Å². The summed E-state index contributed by atoms with van der Waals surface area (Å²) >= 11 is 3.42. The molecule has 2 rings (SSSR count). The van der Waals surface area contributed by atoms with Crippen LogP contribution in [-0.4, -0.2) is 16.5 Å². The Bertz CT molecular complexity index is 442. The molecule has 0 bridgehead atoms. The zero-order valence-corrected chi connectivity index (χ0v) is 10.3. The predicted molar refractivity (Wildman–Crippen MR) is 67.1 cm³/mol. The van der Waals surface area contributed by atoms with Gasteiger partial charge in [-0.25, -0.2) is 9.97 Å². The highest BCUT2D eigenvalue weighted by atomic mass is 79.9. The van der Waals surface area contributed by atoms with Gasteiger partial charge in [-0.2, -0.15) is 0 Å². The van der Waals surface area contributed by atoms with E-state index in [1.54, 1.807) is 12.5 Å². The normalized spacial score (nSPS) is 12.4. The Balaban J connectivity index is 2.33. The summed E-state index contributed by atoms with van der Waals surface area (Å²) in [7, 11) is 0. The summed E-state index contributed by atoms with van der Waals surface area (Å²) in [5, 5.41) is 0. The van der Waals surface area contributed by atoms with Crippen molar-refractivity contribution in [2.45, 2.75) is 5.92 Å². The van der Waals surface area contributed by atoms with Crippen LogP contribution in [0.5, 0.6) is 0 Å². The summed E-state index contributed by atoms with van der Waals surface area (Å²) in [5.41, 5.74) is 7.93. The average Bonchev–Trinajstić information content (AvgIpc) is 2.34. The zero-order chi connectivity index (χ0) is 11.4. The van der Waals surface area contributed by atoms with Crippen molar-refractivity contribution in [1.29, 1.82) is 0 Å². The van der Waals surface area contributed by atoms with Gasteiger partial charge in [0.2, 0.25) is 0 Å². The highest BCUT2D eigenvalue weighted by Gasteiger charge is 2.12. The van der Waals surface area contributed by atoms with E-state index in [2.05, 4.69) is 38.0 Å². The van der Waals surface area contributed by atoms with Crippen LogP contribution in [0.4, 0.5) is 0 Å². The second kappa shape index (κ2) is 5.18. The van der Waals surface area contributed by atoms with Gasteiger partial charge in [-0.3, -0.25) is 0 Å². The first kappa shape index (κ1) is 11.2. The molecule has 0 saturated heterocycles. The van der Waals surface area contributed by atoms with Gasteiger partial charge in [-0.05, 0) is 23.8 Å². The first-order chi connectivity index (χ1) is 7.81. The van der Waals surface area contributed by atoms with Crippen LogP contribution >= 0.6 is 15.9 Å². The molecule has 0 saturated carbocycles. The van der Waals surface area contributed by atoms with Gasteiger partial charge in [0.1, 0.15) is 6.33 Å². The maximum absolute atomic E-state index is 5.80. The van der Waals surface area contributed by atoms with Crippen molar-refractivity contribution in [1.82, 2.24) is 9.97 Å². The molecule has 1 atom stereocenters. The monoisotopic (exact) mass is 277 g/mol. The highest BCUT2D eigenvalue weighted by Crippen LogP contribution is 2.22. The zero-order valence-electron chi connectivity index (χ0n) is 8.68. The van der Waals surface area contributed by atoms with Crippen molar-refractivity contribution in [3.8, 4) is 0 Å². The largest absolute Gasteiger partial charge is 0.329 e. The fourth-order valence-electron chi connectivity index (χ4n) is 1.63. The quantitative estimate of drug-likeness (QED) is 0.937. The molecule has 0 aliphatic heterocycles. The summed E-state index contributed by atoms with van der Waals surface area (Å²) < 4.78 is 1.06. The van der Waals surface area contributed by atoms with Crippen LogP contribution in [0.25, 0.3) is 0 Å². The molecule has 16 heavy (non-hydrogen) atoms. The minimum Gasteiger partial charge on any atom is -0.329 e. The molecule has 1 aromatic heterocycles. The molecule has 4 heteroatoms. The molecular weight excluding hydrogens is 266 g/mol. The van der Waals surface area contributed by atoms with E-state index in [-0.39, 0.29) is 5.92 Å². The van der Waals surface area contributed by atoms with Crippen LogP contribution in [-0.2, 0) is 0 Å². The van der Waals surface area contributed by atoms with E-state index in [0.29, 0.717) is 6.54 Å². The minimum absolute atomic E-state index is 0.135. The van der Waals surface area contributed by atoms with Gasteiger partial charge in [0.15, 0.2) is 0 Å². The Morgan fingerprint density at radius 2 is 1.94 bits per heavy atom. The Morgan fingerprint density at radius 3 is 2.50 bits per heavy atom. The lowest BCUT2D eigenvalue weighted by atomic mass is 9.96.